The third-order valence-electron chi connectivity index (χ3n) is 8.13. The first-order valence-corrected chi connectivity index (χ1v) is 19.2. The Kier molecular flexibility index (Phi) is 35.6. The molecule has 0 amide bonds. The molecule has 1 atom stereocenters. The molecule has 0 fully saturated rings. The Bertz CT molecular complexity index is 782. The van der Waals surface area contributed by atoms with Crippen LogP contribution in [0.25, 0.3) is 0 Å². The van der Waals surface area contributed by atoms with Gasteiger partial charge in [-0.15, -0.1) is 0 Å². The summed E-state index contributed by atoms with van der Waals surface area (Å²) in [6.45, 7) is 4.07. The summed E-state index contributed by atoms with van der Waals surface area (Å²) < 4.78 is 10.5. The fourth-order valence-electron chi connectivity index (χ4n) is 5.19. The first kappa shape index (κ1) is 43.9. The zero-order valence-electron chi connectivity index (χ0n) is 30.1. The number of carbonyl (C=O) groups excluding carboxylic acids is 2. The third kappa shape index (κ3) is 34.7. The Labute approximate surface area is 284 Å². The van der Waals surface area contributed by atoms with Gasteiger partial charge in [0.15, 0.2) is 6.10 Å². The molecule has 46 heavy (non-hydrogen) atoms. The van der Waals surface area contributed by atoms with E-state index in [4.69, 9.17) is 9.47 Å². The Balaban J connectivity index is 3.67. The van der Waals surface area contributed by atoms with Crippen molar-refractivity contribution >= 4 is 11.9 Å². The van der Waals surface area contributed by atoms with Crippen molar-refractivity contribution in [3.63, 3.8) is 0 Å². The van der Waals surface area contributed by atoms with Gasteiger partial charge in [-0.3, -0.25) is 9.59 Å². The van der Waals surface area contributed by atoms with Gasteiger partial charge in [0.05, 0.1) is 6.61 Å². The van der Waals surface area contributed by atoms with E-state index in [0.29, 0.717) is 19.3 Å². The number of aliphatic hydroxyl groups excluding tert-OH is 1. The molecule has 0 unspecified atom stereocenters. The van der Waals surface area contributed by atoms with Gasteiger partial charge in [-0.2, -0.15) is 0 Å². The van der Waals surface area contributed by atoms with E-state index >= 15 is 0 Å². The van der Waals surface area contributed by atoms with E-state index in [2.05, 4.69) is 62.5 Å². The van der Waals surface area contributed by atoms with E-state index in [-0.39, 0.29) is 25.2 Å². The zero-order valence-corrected chi connectivity index (χ0v) is 30.1. The summed E-state index contributed by atoms with van der Waals surface area (Å²) >= 11 is 0. The largest absolute Gasteiger partial charge is 0.462 e. The molecular formula is C41H72O5. The first-order valence-electron chi connectivity index (χ1n) is 19.2. The maximum atomic E-state index is 12.1. The predicted octanol–water partition coefficient (Wildman–Crippen LogP) is 11.8. The lowest BCUT2D eigenvalue weighted by molar-refractivity contribution is -0.161. The lowest BCUT2D eigenvalue weighted by atomic mass is 10.1. The Morgan fingerprint density at radius 2 is 0.891 bits per heavy atom. The molecular weight excluding hydrogens is 572 g/mol. The number of carbonyl (C=O) groups is 2. The minimum Gasteiger partial charge on any atom is -0.462 e. The average molecular weight is 645 g/mol. The van der Waals surface area contributed by atoms with Crippen LogP contribution in [0.2, 0.25) is 0 Å². The molecule has 5 heteroatoms. The number of hydrogen-bond donors (Lipinski definition) is 1. The van der Waals surface area contributed by atoms with Gasteiger partial charge in [0, 0.05) is 12.8 Å². The summed E-state index contributed by atoms with van der Waals surface area (Å²) in [7, 11) is 0. The quantitative estimate of drug-likeness (QED) is 0.0429. The smallest absolute Gasteiger partial charge is 0.306 e. The van der Waals surface area contributed by atoms with Crippen LogP contribution in [0.3, 0.4) is 0 Å². The lowest BCUT2D eigenvalue weighted by Crippen LogP contribution is -2.28. The number of unbranched alkanes of at least 4 members (excludes halogenated alkanes) is 18. The van der Waals surface area contributed by atoms with Crippen molar-refractivity contribution in [2.75, 3.05) is 13.2 Å². The summed E-state index contributed by atoms with van der Waals surface area (Å²) in [5.41, 5.74) is 0. The molecule has 0 saturated carbocycles. The predicted molar refractivity (Wildman–Crippen MR) is 196 cm³/mol. The fraction of sp³-hybridized carbons (Fsp3) is 0.756. The van der Waals surface area contributed by atoms with Gasteiger partial charge < -0.3 is 14.6 Å². The van der Waals surface area contributed by atoms with Crippen molar-refractivity contribution in [2.24, 2.45) is 0 Å². The van der Waals surface area contributed by atoms with Crippen LogP contribution in [-0.4, -0.2) is 36.4 Å². The summed E-state index contributed by atoms with van der Waals surface area (Å²) in [5, 5.41) is 9.51. The van der Waals surface area contributed by atoms with Crippen molar-refractivity contribution in [1.29, 1.82) is 0 Å². The fourth-order valence-corrected chi connectivity index (χ4v) is 5.19. The van der Waals surface area contributed by atoms with E-state index in [0.717, 1.165) is 44.9 Å². The first-order chi connectivity index (χ1) is 22.6. The molecule has 0 heterocycles. The highest BCUT2D eigenvalue weighted by molar-refractivity contribution is 5.70. The average Bonchev–Trinajstić information content (AvgIpc) is 3.06. The maximum Gasteiger partial charge on any atom is 0.306 e. The third-order valence-corrected chi connectivity index (χ3v) is 8.13. The van der Waals surface area contributed by atoms with Gasteiger partial charge in [-0.1, -0.05) is 165 Å². The van der Waals surface area contributed by atoms with Gasteiger partial charge in [-0.05, 0) is 51.4 Å². The Morgan fingerprint density at radius 1 is 0.500 bits per heavy atom. The summed E-state index contributed by atoms with van der Waals surface area (Å²) in [6.07, 6.45) is 46.1. The van der Waals surface area contributed by atoms with Crippen LogP contribution in [-0.2, 0) is 19.1 Å². The number of hydrogen-bond acceptors (Lipinski definition) is 5. The number of aliphatic hydroxyl groups is 1. The highest BCUT2D eigenvalue weighted by Gasteiger charge is 2.16. The van der Waals surface area contributed by atoms with Crippen LogP contribution < -0.4 is 0 Å². The van der Waals surface area contributed by atoms with E-state index in [9.17, 15) is 14.7 Å². The molecule has 0 aliphatic rings. The lowest BCUT2D eigenvalue weighted by Gasteiger charge is -2.15. The van der Waals surface area contributed by atoms with Crippen LogP contribution in [0.1, 0.15) is 181 Å². The van der Waals surface area contributed by atoms with Crippen LogP contribution in [0.4, 0.5) is 0 Å². The highest BCUT2D eigenvalue weighted by atomic mass is 16.6. The summed E-state index contributed by atoms with van der Waals surface area (Å²) in [6, 6.07) is 0. The van der Waals surface area contributed by atoms with Crippen LogP contribution in [0.5, 0.6) is 0 Å². The standard InChI is InChI=1S/C41H72O5/c1-3-5-7-9-11-13-15-16-17-18-19-20-21-22-23-24-26-27-29-31-33-35-40(43)45-38-39(37-42)46-41(44)36-34-32-30-28-25-14-12-10-8-6-4-2/h17-18,20-21,23-24,27,29,39,42H,3-16,19,22,25-26,28,30-38H2,1-2H3/b18-17+,21-20+,24-23+,29-27+/t39-/m0/s1. The molecule has 0 aromatic carbocycles. The minimum atomic E-state index is -0.790. The molecule has 0 rings (SSSR count). The molecule has 0 aliphatic heterocycles. The minimum absolute atomic E-state index is 0.0933. The van der Waals surface area contributed by atoms with Crippen molar-refractivity contribution < 1.29 is 24.2 Å². The monoisotopic (exact) mass is 645 g/mol. The second kappa shape index (κ2) is 37.3. The summed E-state index contributed by atoms with van der Waals surface area (Å²) in [4.78, 5) is 24.1. The molecule has 5 nitrogen and oxygen atoms in total. The van der Waals surface area contributed by atoms with Crippen LogP contribution in [0, 0.1) is 0 Å². The van der Waals surface area contributed by atoms with Gasteiger partial charge in [-0.25, -0.2) is 0 Å². The van der Waals surface area contributed by atoms with E-state index in [1.54, 1.807) is 0 Å². The maximum absolute atomic E-state index is 12.1. The normalized spacial score (nSPS) is 12.7. The molecule has 0 aromatic heterocycles. The molecule has 266 valence electrons. The van der Waals surface area contributed by atoms with E-state index in [1.807, 2.05) is 0 Å². The van der Waals surface area contributed by atoms with E-state index in [1.165, 1.54) is 103 Å². The van der Waals surface area contributed by atoms with Crippen molar-refractivity contribution in [3.8, 4) is 0 Å². The molecule has 1 N–H and O–H groups in total. The SMILES string of the molecule is CCCCCCCCC/C=C/C/C=C/C/C=C/C/C=C/CCCC(=O)OC[C@H](CO)OC(=O)CCCCCCCCCCCCC. The second-order valence-corrected chi connectivity index (χ2v) is 12.7. The molecule has 0 spiro atoms. The molecule has 0 aromatic rings. The van der Waals surface area contributed by atoms with Crippen molar-refractivity contribution in [1.82, 2.24) is 0 Å². The van der Waals surface area contributed by atoms with Gasteiger partial charge in [0.25, 0.3) is 0 Å². The van der Waals surface area contributed by atoms with Gasteiger partial charge in [0.2, 0.25) is 0 Å². The molecule has 0 saturated heterocycles. The van der Waals surface area contributed by atoms with Crippen LogP contribution >= 0.6 is 0 Å². The summed E-state index contributed by atoms with van der Waals surface area (Å²) in [5.74, 6) is -0.657. The Morgan fingerprint density at radius 3 is 1.37 bits per heavy atom. The number of rotatable bonds is 34. The number of allylic oxidation sites excluding steroid dienone is 8. The van der Waals surface area contributed by atoms with Crippen LogP contribution in [0.15, 0.2) is 48.6 Å². The molecule has 0 radical (unpaired) electrons. The van der Waals surface area contributed by atoms with Gasteiger partial charge in [0.1, 0.15) is 6.61 Å². The second-order valence-electron chi connectivity index (χ2n) is 12.7. The topological polar surface area (TPSA) is 72.8 Å². The Hall–Kier alpha value is -2.14. The van der Waals surface area contributed by atoms with Gasteiger partial charge >= 0.3 is 11.9 Å². The van der Waals surface area contributed by atoms with Crippen molar-refractivity contribution in [2.45, 2.75) is 187 Å². The molecule has 0 aliphatic carbocycles. The zero-order chi connectivity index (χ0) is 33.6. The van der Waals surface area contributed by atoms with Crippen molar-refractivity contribution in [3.05, 3.63) is 48.6 Å². The number of ether oxygens (including phenoxy) is 2. The number of esters is 2. The highest BCUT2D eigenvalue weighted by Crippen LogP contribution is 2.13. The molecule has 0 bridgehead atoms. The van der Waals surface area contributed by atoms with E-state index < -0.39 is 6.10 Å².